The Morgan fingerprint density at radius 2 is 1.16 bits per heavy atom. The second-order valence-corrected chi connectivity index (χ2v) is 24.2. The molecule has 2 aliphatic heterocycles. The van der Waals surface area contributed by atoms with Crippen molar-refractivity contribution in [2.75, 3.05) is 9.71 Å². The van der Waals surface area contributed by atoms with Crippen LogP contribution in [-0.2, 0) is 21.7 Å². The maximum absolute atomic E-state index is 2.77. The second kappa shape index (κ2) is 14.7. The van der Waals surface area contributed by atoms with Gasteiger partial charge >= 0.3 is 6.85 Å². The van der Waals surface area contributed by atoms with Crippen molar-refractivity contribution in [3.05, 3.63) is 198 Å². The molecule has 4 aliphatic rings. The van der Waals surface area contributed by atoms with Crippen molar-refractivity contribution in [3.8, 4) is 44.5 Å². The van der Waals surface area contributed by atoms with Crippen LogP contribution in [-0.4, -0.2) is 6.85 Å². The van der Waals surface area contributed by atoms with Gasteiger partial charge < -0.3 is 9.71 Å². The number of anilines is 5. The van der Waals surface area contributed by atoms with Crippen molar-refractivity contribution >= 4 is 66.9 Å². The van der Waals surface area contributed by atoms with Crippen molar-refractivity contribution < 1.29 is 0 Å². The number of fused-ring (bicyclic) bond motifs is 11. The Hall–Kier alpha value is -6.62. The maximum Gasteiger partial charge on any atom is 0.334 e. The number of thiophene rings is 1. The maximum atomic E-state index is 2.77. The molecule has 0 atom stereocenters. The smallest absolute Gasteiger partial charge is 0.334 e. The van der Waals surface area contributed by atoms with E-state index in [0.29, 0.717) is 0 Å². The van der Waals surface area contributed by atoms with Crippen LogP contribution in [0.4, 0.5) is 27.8 Å². The summed E-state index contributed by atoms with van der Waals surface area (Å²) in [7, 11) is 0. The van der Waals surface area contributed by atoms with E-state index < -0.39 is 0 Å². The molecule has 0 N–H and O–H groups in total. The minimum absolute atomic E-state index is 0.0338. The number of hydrogen-bond donors (Lipinski definition) is 0. The van der Waals surface area contributed by atoms with Gasteiger partial charge in [-0.2, -0.15) is 0 Å². The van der Waals surface area contributed by atoms with E-state index in [9.17, 15) is 0 Å². The largest absolute Gasteiger partial charge is 0.376 e. The second-order valence-electron chi connectivity index (χ2n) is 23.1. The van der Waals surface area contributed by atoms with E-state index in [0.717, 1.165) is 6.42 Å². The molecule has 1 aromatic heterocycles. The lowest BCUT2D eigenvalue weighted by Crippen LogP contribution is -2.61. The molecule has 69 heavy (non-hydrogen) atoms. The summed E-state index contributed by atoms with van der Waals surface area (Å²) in [6.07, 6.45) is 2.35. The monoisotopic (exact) mass is 910 g/mol. The molecular weight excluding hydrogens is 852 g/mol. The van der Waals surface area contributed by atoms with Gasteiger partial charge in [-0.25, -0.2) is 0 Å². The lowest BCUT2D eigenvalue weighted by atomic mass is 9.43. The zero-order chi connectivity index (χ0) is 47.4. The van der Waals surface area contributed by atoms with Crippen LogP contribution in [0.1, 0.15) is 103 Å². The van der Waals surface area contributed by atoms with Gasteiger partial charge in [0.25, 0.3) is 0 Å². The molecule has 2 nitrogen and oxygen atoms in total. The highest BCUT2D eigenvalue weighted by atomic mass is 32.1. The zero-order valence-electron chi connectivity index (χ0n) is 41.5. The Kier molecular flexibility index (Phi) is 9.05. The van der Waals surface area contributed by atoms with Crippen molar-refractivity contribution in [1.82, 2.24) is 0 Å². The third-order valence-corrected chi connectivity index (χ3v) is 17.8. The van der Waals surface area contributed by atoms with Crippen LogP contribution in [0.3, 0.4) is 0 Å². The molecule has 13 rings (SSSR count). The number of hydrogen-bond acceptors (Lipinski definition) is 3. The van der Waals surface area contributed by atoms with Crippen molar-refractivity contribution in [1.29, 1.82) is 0 Å². The number of benzene rings is 8. The molecule has 9 aromatic rings. The fraction of sp³-hybridized carbons (Fsp3) is 0.231. The first-order valence-corrected chi connectivity index (χ1v) is 25.9. The van der Waals surface area contributed by atoms with Crippen LogP contribution in [0.2, 0.25) is 0 Å². The SMILES string of the molecule is CC(C)(C)c1ccc(N2c3sc4ccccc4c3B3c4c(cc5c(c42)C(C)(C)c2ccccc2-5)-c2cc(-c4ccccc4)ccc2N3c2ccc3c(c2)C(C)(C)CCC3(C)C)c(-c2ccccc2)c1. The molecule has 338 valence electrons. The Balaban J connectivity index is 1.21. The van der Waals surface area contributed by atoms with Crippen molar-refractivity contribution in [2.24, 2.45) is 0 Å². The molecule has 0 unspecified atom stereocenters. The average Bonchev–Trinajstić information content (AvgIpc) is 3.85. The van der Waals surface area contributed by atoms with Crippen LogP contribution in [0.25, 0.3) is 54.6 Å². The summed E-state index contributed by atoms with van der Waals surface area (Å²) in [6, 6.07) is 65.4. The van der Waals surface area contributed by atoms with E-state index in [2.05, 4.69) is 242 Å². The Labute approximate surface area is 413 Å². The summed E-state index contributed by atoms with van der Waals surface area (Å²) >= 11 is 1.96. The summed E-state index contributed by atoms with van der Waals surface area (Å²) in [6.45, 7) is 21.7. The molecule has 0 saturated heterocycles. The molecule has 0 fully saturated rings. The van der Waals surface area contributed by atoms with Crippen LogP contribution < -0.4 is 20.6 Å². The molecule has 0 saturated carbocycles. The van der Waals surface area contributed by atoms with E-state index >= 15 is 0 Å². The van der Waals surface area contributed by atoms with E-state index in [1.807, 2.05) is 11.3 Å². The summed E-state index contributed by atoms with van der Waals surface area (Å²) in [5.41, 5.74) is 25.0. The lowest BCUT2D eigenvalue weighted by Gasteiger charge is -2.47. The van der Waals surface area contributed by atoms with Gasteiger partial charge in [0.05, 0.1) is 10.7 Å². The van der Waals surface area contributed by atoms with Gasteiger partial charge in [0, 0.05) is 38.3 Å². The third-order valence-electron chi connectivity index (χ3n) is 16.7. The van der Waals surface area contributed by atoms with Crippen LogP contribution in [0, 0.1) is 0 Å². The molecule has 4 heteroatoms. The molecule has 0 amide bonds. The zero-order valence-corrected chi connectivity index (χ0v) is 42.3. The van der Waals surface area contributed by atoms with E-state index in [-0.39, 0.29) is 28.5 Å². The third kappa shape index (κ3) is 6.17. The summed E-state index contributed by atoms with van der Waals surface area (Å²) in [5, 5.41) is 2.63. The highest BCUT2D eigenvalue weighted by molar-refractivity contribution is 7.26. The lowest BCUT2D eigenvalue weighted by molar-refractivity contribution is 0.332. The normalized spacial score (nSPS) is 16.6. The molecule has 0 radical (unpaired) electrons. The van der Waals surface area contributed by atoms with Gasteiger partial charge in [0.2, 0.25) is 0 Å². The van der Waals surface area contributed by atoms with Crippen LogP contribution in [0.15, 0.2) is 170 Å². The first-order valence-electron chi connectivity index (χ1n) is 25.1. The first kappa shape index (κ1) is 42.5. The summed E-state index contributed by atoms with van der Waals surface area (Å²) < 4.78 is 1.31. The molecule has 8 aromatic carbocycles. The molecule has 3 heterocycles. The Morgan fingerprint density at radius 1 is 0.493 bits per heavy atom. The molecule has 2 aliphatic carbocycles. The van der Waals surface area contributed by atoms with Gasteiger partial charge in [0.1, 0.15) is 0 Å². The van der Waals surface area contributed by atoms with E-state index in [1.54, 1.807) is 0 Å². The minimum atomic E-state index is -0.288. The molecule has 0 spiro atoms. The Bertz CT molecular complexity index is 3590. The van der Waals surface area contributed by atoms with E-state index in [1.165, 1.54) is 128 Å². The predicted molar refractivity (Wildman–Crippen MR) is 298 cm³/mol. The topological polar surface area (TPSA) is 6.48 Å². The van der Waals surface area contributed by atoms with Gasteiger partial charge in [-0.05, 0) is 155 Å². The summed E-state index contributed by atoms with van der Waals surface area (Å²) in [5.74, 6) is 0. The number of rotatable bonds is 4. The van der Waals surface area contributed by atoms with Gasteiger partial charge in [-0.15, -0.1) is 11.3 Å². The van der Waals surface area contributed by atoms with Crippen molar-refractivity contribution in [3.63, 3.8) is 0 Å². The van der Waals surface area contributed by atoms with Gasteiger partial charge in [-0.1, -0.05) is 184 Å². The first-order chi connectivity index (χ1) is 33.1. The Morgan fingerprint density at radius 3 is 1.91 bits per heavy atom. The van der Waals surface area contributed by atoms with Gasteiger partial charge in [-0.3, -0.25) is 0 Å². The predicted octanol–water partition coefficient (Wildman–Crippen LogP) is 16.9. The van der Waals surface area contributed by atoms with Crippen molar-refractivity contribution in [2.45, 2.75) is 96.8 Å². The van der Waals surface area contributed by atoms with Gasteiger partial charge in [0.15, 0.2) is 0 Å². The standard InChI is InChI=1S/C65H59BN2S/c1-62(2,3)43-29-33-54(47(37-43)41-22-14-11-15-23-41)67-60-57-49(45-24-16-18-26-51(45)65(57,8)9)39-50-48-36-42(40-20-12-10-13-21-40)28-32-55(48)68(44-30-31-52-53(38-44)64(6,7)35-34-63(52,4)5)66(58(50)60)59-46-25-17-19-27-56(46)69-61(59)67/h10-33,36-39H,34-35H2,1-9H3. The van der Waals surface area contributed by atoms with Crippen LogP contribution >= 0.6 is 11.3 Å². The van der Waals surface area contributed by atoms with Crippen LogP contribution in [0.5, 0.6) is 0 Å². The average molecular weight is 911 g/mol. The highest BCUT2D eigenvalue weighted by Crippen LogP contribution is 2.60. The molecule has 0 bridgehead atoms. The van der Waals surface area contributed by atoms with E-state index in [4.69, 9.17) is 0 Å². The molecular formula is C65H59BN2S. The fourth-order valence-corrected chi connectivity index (χ4v) is 14.1. The minimum Gasteiger partial charge on any atom is -0.376 e. The quantitative estimate of drug-likeness (QED) is 0.162. The summed E-state index contributed by atoms with van der Waals surface area (Å²) in [4.78, 5) is 5.52. The fourth-order valence-electron chi connectivity index (χ4n) is 12.8. The number of nitrogens with zero attached hydrogens (tertiary/aromatic N) is 2. The highest BCUT2D eigenvalue weighted by Gasteiger charge is 2.52.